The minimum Gasteiger partial charge on any atom is -0.462 e. The summed E-state index contributed by atoms with van der Waals surface area (Å²) >= 11 is 0. The zero-order valence-electron chi connectivity index (χ0n) is 17.9. The SMILES string of the molecule is CCOC(=O)c1ccc(CCN(CCOS(C)(=O)=O)C(=O)Nc2ccc(C#N)cc2)cc1. The lowest BCUT2D eigenvalue weighted by atomic mass is 10.1. The molecule has 0 heterocycles. The van der Waals surface area contributed by atoms with Crippen molar-refractivity contribution in [3.8, 4) is 6.07 Å². The van der Waals surface area contributed by atoms with Gasteiger partial charge in [0, 0.05) is 18.8 Å². The molecule has 1 N–H and O–H groups in total. The smallest absolute Gasteiger partial charge is 0.338 e. The van der Waals surface area contributed by atoms with E-state index in [1.165, 1.54) is 4.90 Å². The van der Waals surface area contributed by atoms with Crippen LogP contribution in [0.15, 0.2) is 48.5 Å². The number of urea groups is 1. The van der Waals surface area contributed by atoms with Crippen molar-refractivity contribution in [1.82, 2.24) is 4.90 Å². The van der Waals surface area contributed by atoms with Crippen LogP contribution in [0.25, 0.3) is 0 Å². The van der Waals surface area contributed by atoms with Crippen molar-refractivity contribution in [3.05, 3.63) is 65.2 Å². The molecule has 0 aromatic heterocycles. The average molecular weight is 460 g/mol. The fourth-order valence-corrected chi connectivity index (χ4v) is 3.11. The van der Waals surface area contributed by atoms with Crippen LogP contribution >= 0.6 is 0 Å². The average Bonchev–Trinajstić information content (AvgIpc) is 2.76. The first-order chi connectivity index (χ1) is 15.2. The zero-order valence-corrected chi connectivity index (χ0v) is 18.7. The number of anilines is 1. The van der Waals surface area contributed by atoms with E-state index < -0.39 is 22.1 Å². The first kappa shape index (κ1) is 24.8. The second-order valence-electron chi connectivity index (χ2n) is 6.80. The summed E-state index contributed by atoms with van der Waals surface area (Å²) in [6.07, 6.45) is 1.42. The number of esters is 1. The second kappa shape index (κ2) is 11.8. The van der Waals surface area contributed by atoms with E-state index in [1.54, 1.807) is 55.5 Å². The van der Waals surface area contributed by atoms with Crippen molar-refractivity contribution >= 4 is 27.8 Å². The number of benzene rings is 2. The summed E-state index contributed by atoms with van der Waals surface area (Å²) in [4.78, 5) is 25.9. The van der Waals surface area contributed by atoms with Gasteiger partial charge in [0.05, 0.1) is 36.7 Å². The van der Waals surface area contributed by atoms with Gasteiger partial charge in [-0.15, -0.1) is 0 Å². The van der Waals surface area contributed by atoms with Crippen molar-refractivity contribution in [1.29, 1.82) is 5.26 Å². The van der Waals surface area contributed by atoms with Gasteiger partial charge in [-0.05, 0) is 55.3 Å². The molecule has 0 unspecified atom stereocenters. The first-order valence-corrected chi connectivity index (χ1v) is 11.7. The summed E-state index contributed by atoms with van der Waals surface area (Å²) in [7, 11) is -3.63. The minimum absolute atomic E-state index is 0.0517. The Bertz CT molecular complexity index is 1060. The van der Waals surface area contributed by atoms with Gasteiger partial charge in [0.25, 0.3) is 10.1 Å². The van der Waals surface area contributed by atoms with E-state index in [4.69, 9.17) is 14.2 Å². The molecule has 0 atom stereocenters. The molecule has 0 aliphatic rings. The lowest BCUT2D eigenvalue weighted by Gasteiger charge is -2.23. The number of nitriles is 1. The third-order valence-electron chi connectivity index (χ3n) is 4.35. The van der Waals surface area contributed by atoms with E-state index in [0.717, 1.165) is 11.8 Å². The van der Waals surface area contributed by atoms with Crippen LogP contribution in [0.3, 0.4) is 0 Å². The van der Waals surface area contributed by atoms with E-state index in [2.05, 4.69) is 5.32 Å². The number of ether oxygens (including phenoxy) is 1. The molecule has 0 aliphatic carbocycles. The molecule has 0 bridgehead atoms. The molecule has 170 valence electrons. The Balaban J connectivity index is 2.04. The number of nitrogens with zero attached hydrogens (tertiary/aromatic N) is 2. The van der Waals surface area contributed by atoms with Crippen molar-refractivity contribution in [2.45, 2.75) is 13.3 Å². The number of carbonyl (C=O) groups excluding carboxylic acids is 2. The highest BCUT2D eigenvalue weighted by molar-refractivity contribution is 7.85. The van der Waals surface area contributed by atoms with Gasteiger partial charge in [0.1, 0.15) is 0 Å². The molecule has 2 amide bonds. The number of amides is 2. The van der Waals surface area contributed by atoms with Crippen molar-refractivity contribution < 1.29 is 26.9 Å². The van der Waals surface area contributed by atoms with Gasteiger partial charge in [0.2, 0.25) is 0 Å². The normalized spacial score (nSPS) is 10.8. The fraction of sp³-hybridized carbons (Fsp3) is 0.318. The molecule has 0 radical (unpaired) electrons. The van der Waals surface area contributed by atoms with E-state index in [9.17, 15) is 18.0 Å². The van der Waals surface area contributed by atoms with Crippen LogP contribution in [0.4, 0.5) is 10.5 Å². The molecule has 0 aliphatic heterocycles. The molecular formula is C22H25N3O6S. The van der Waals surface area contributed by atoms with Gasteiger partial charge in [-0.3, -0.25) is 4.18 Å². The predicted molar refractivity (Wildman–Crippen MR) is 119 cm³/mol. The number of carbonyl (C=O) groups is 2. The lowest BCUT2D eigenvalue weighted by Crippen LogP contribution is -2.39. The predicted octanol–water partition coefficient (Wildman–Crippen LogP) is 2.79. The quantitative estimate of drug-likeness (QED) is 0.428. The molecule has 0 saturated heterocycles. The Morgan fingerprint density at radius 3 is 2.28 bits per heavy atom. The van der Waals surface area contributed by atoms with Crippen LogP contribution < -0.4 is 5.32 Å². The maximum atomic E-state index is 12.7. The van der Waals surface area contributed by atoms with Crippen LogP contribution in [0.2, 0.25) is 0 Å². The van der Waals surface area contributed by atoms with Crippen LogP contribution in [-0.4, -0.2) is 57.9 Å². The summed E-state index contributed by atoms with van der Waals surface area (Å²) in [6, 6.07) is 14.8. The van der Waals surface area contributed by atoms with Crippen LogP contribution in [0.1, 0.15) is 28.4 Å². The Morgan fingerprint density at radius 2 is 1.72 bits per heavy atom. The summed E-state index contributed by atoms with van der Waals surface area (Å²) in [5, 5.41) is 11.6. The van der Waals surface area contributed by atoms with Crippen molar-refractivity contribution in [2.75, 3.05) is 37.9 Å². The molecule has 32 heavy (non-hydrogen) atoms. The number of hydrogen-bond donors (Lipinski definition) is 1. The zero-order chi connectivity index (χ0) is 23.6. The summed E-state index contributed by atoms with van der Waals surface area (Å²) in [5.41, 5.74) is 2.29. The van der Waals surface area contributed by atoms with Crippen LogP contribution in [-0.2, 0) is 25.5 Å². The maximum absolute atomic E-state index is 12.7. The highest BCUT2D eigenvalue weighted by atomic mass is 32.2. The van der Waals surface area contributed by atoms with Crippen LogP contribution in [0, 0.1) is 11.3 Å². The summed E-state index contributed by atoms with van der Waals surface area (Å²) < 4.78 is 32.2. The van der Waals surface area contributed by atoms with Gasteiger partial charge < -0.3 is 15.0 Å². The van der Waals surface area contributed by atoms with E-state index in [0.29, 0.717) is 29.8 Å². The molecule has 0 spiro atoms. The van der Waals surface area contributed by atoms with Gasteiger partial charge in [-0.2, -0.15) is 13.7 Å². The molecule has 2 aromatic carbocycles. The number of hydrogen-bond acceptors (Lipinski definition) is 7. The Labute approximate surface area is 187 Å². The largest absolute Gasteiger partial charge is 0.462 e. The van der Waals surface area contributed by atoms with Gasteiger partial charge in [0.15, 0.2) is 0 Å². The Morgan fingerprint density at radius 1 is 1.06 bits per heavy atom. The van der Waals surface area contributed by atoms with Gasteiger partial charge in [-0.1, -0.05) is 12.1 Å². The molecule has 10 heteroatoms. The third kappa shape index (κ3) is 8.37. The number of rotatable bonds is 10. The fourth-order valence-electron chi connectivity index (χ4n) is 2.73. The highest BCUT2D eigenvalue weighted by Gasteiger charge is 2.15. The highest BCUT2D eigenvalue weighted by Crippen LogP contribution is 2.12. The van der Waals surface area contributed by atoms with E-state index in [1.807, 2.05) is 6.07 Å². The maximum Gasteiger partial charge on any atom is 0.338 e. The minimum atomic E-state index is -3.63. The molecular weight excluding hydrogens is 434 g/mol. The van der Waals surface area contributed by atoms with Gasteiger partial charge in [-0.25, -0.2) is 9.59 Å². The molecule has 9 nitrogen and oxygen atoms in total. The standard InChI is InChI=1S/C22H25N3O6S/c1-3-30-21(26)19-8-4-17(5-9-19)12-13-25(14-15-31-32(2,28)29)22(27)24-20-10-6-18(16-23)7-11-20/h4-11H,3,12-15H2,1-2H3,(H,24,27). The topological polar surface area (TPSA) is 126 Å². The van der Waals surface area contributed by atoms with Gasteiger partial charge >= 0.3 is 12.0 Å². The number of nitrogens with one attached hydrogen (secondary N) is 1. The Hall–Kier alpha value is -3.42. The van der Waals surface area contributed by atoms with E-state index >= 15 is 0 Å². The van der Waals surface area contributed by atoms with Crippen molar-refractivity contribution in [2.24, 2.45) is 0 Å². The van der Waals surface area contributed by atoms with Crippen LogP contribution in [0.5, 0.6) is 0 Å². The summed E-state index contributed by atoms with van der Waals surface area (Å²) in [6.45, 7) is 2.18. The van der Waals surface area contributed by atoms with Crippen molar-refractivity contribution in [3.63, 3.8) is 0 Å². The monoisotopic (exact) mass is 459 g/mol. The lowest BCUT2D eigenvalue weighted by molar-refractivity contribution is 0.0526. The summed E-state index contributed by atoms with van der Waals surface area (Å²) in [5.74, 6) is -0.402. The van der Waals surface area contributed by atoms with E-state index in [-0.39, 0.29) is 19.7 Å². The second-order valence-corrected chi connectivity index (χ2v) is 8.44. The Kier molecular flexibility index (Phi) is 9.19. The molecule has 0 fully saturated rings. The first-order valence-electron chi connectivity index (χ1n) is 9.88. The molecule has 2 rings (SSSR count). The third-order valence-corrected chi connectivity index (χ3v) is 4.94. The molecule has 0 saturated carbocycles. The molecule has 2 aromatic rings.